The molecule has 0 bridgehead atoms. The van der Waals surface area contributed by atoms with Crippen LogP contribution in [-0.2, 0) is 27.1 Å². The molecule has 2 aliphatic heterocycles. The summed E-state index contributed by atoms with van der Waals surface area (Å²) in [4.78, 5) is 35.4. The smallest absolute Gasteiger partial charge is 0.410 e. The summed E-state index contributed by atoms with van der Waals surface area (Å²) in [5.41, 5.74) is 6.23. The van der Waals surface area contributed by atoms with Gasteiger partial charge in [0.2, 0.25) is 5.91 Å². The average molecular weight is 619 g/mol. The summed E-state index contributed by atoms with van der Waals surface area (Å²) in [5.74, 6) is 0.0229. The molecule has 1 aromatic carbocycles. The highest BCUT2D eigenvalue weighted by molar-refractivity contribution is 5.99. The fraction of sp³-hybridized carbons (Fsp3) is 0.629. The van der Waals surface area contributed by atoms with E-state index < -0.39 is 5.60 Å². The van der Waals surface area contributed by atoms with Gasteiger partial charge in [-0.2, -0.15) is 5.10 Å². The van der Waals surface area contributed by atoms with Crippen molar-refractivity contribution in [2.45, 2.75) is 97.9 Å². The molecule has 3 aromatic rings. The van der Waals surface area contributed by atoms with Crippen molar-refractivity contribution in [2.24, 2.45) is 5.41 Å². The molecule has 0 spiro atoms. The number of aromatic amines is 1. The highest BCUT2D eigenvalue weighted by atomic mass is 16.6. The van der Waals surface area contributed by atoms with Crippen molar-refractivity contribution in [3.05, 3.63) is 35.5 Å². The number of hydrogen-bond donors (Lipinski definition) is 1. The number of benzene rings is 1. The van der Waals surface area contributed by atoms with Crippen LogP contribution < -0.4 is 4.90 Å². The van der Waals surface area contributed by atoms with Gasteiger partial charge in [0.1, 0.15) is 17.5 Å². The van der Waals surface area contributed by atoms with Crippen LogP contribution in [0.3, 0.4) is 0 Å². The van der Waals surface area contributed by atoms with Gasteiger partial charge in [-0.25, -0.2) is 9.48 Å². The van der Waals surface area contributed by atoms with Gasteiger partial charge in [0.15, 0.2) is 0 Å². The number of aromatic nitrogens is 3. The second kappa shape index (κ2) is 12.1. The Balaban J connectivity index is 1.18. The summed E-state index contributed by atoms with van der Waals surface area (Å²) in [6.07, 6.45) is 6.14. The lowest BCUT2D eigenvalue weighted by molar-refractivity contribution is -0.123. The molecule has 2 saturated heterocycles. The quantitative estimate of drug-likeness (QED) is 0.369. The molecule has 2 unspecified atom stereocenters. The Morgan fingerprint density at radius 3 is 2.58 bits per heavy atom. The highest BCUT2D eigenvalue weighted by Gasteiger charge is 2.35. The maximum Gasteiger partial charge on any atom is 0.410 e. The van der Waals surface area contributed by atoms with Gasteiger partial charge in [0, 0.05) is 67.7 Å². The van der Waals surface area contributed by atoms with Crippen molar-refractivity contribution in [1.82, 2.24) is 24.6 Å². The first-order chi connectivity index (χ1) is 21.3. The number of H-pyrrole nitrogens is 1. The highest BCUT2D eigenvalue weighted by Crippen LogP contribution is 2.41. The number of piperazine rings is 1. The van der Waals surface area contributed by atoms with E-state index >= 15 is 0 Å². The van der Waals surface area contributed by atoms with Crippen LogP contribution in [0.2, 0.25) is 0 Å². The molecule has 45 heavy (non-hydrogen) atoms. The van der Waals surface area contributed by atoms with E-state index in [-0.39, 0.29) is 29.7 Å². The zero-order chi connectivity index (χ0) is 32.1. The van der Waals surface area contributed by atoms with Crippen LogP contribution >= 0.6 is 0 Å². The summed E-state index contributed by atoms with van der Waals surface area (Å²) in [7, 11) is 1.84. The van der Waals surface area contributed by atoms with E-state index in [2.05, 4.69) is 46.6 Å². The predicted octanol–water partition coefficient (Wildman–Crippen LogP) is 6.15. The van der Waals surface area contributed by atoms with Crippen molar-refractivity contribution in [3.63, 3.8) is 0 Å². The van der Waals surface area contributed by atoms with Gasteiger partial charge in [-0.15, -0.1) is 0 Å². The third kappa shape index (κ3) is 6.63. The molecule has 2 aromatic heterocycles. The molecule has 0 radical (unpaired) electrons. The molecule has 10 nitrogen and oxygen atoms in total. The van der Waals surface area contributed by atoms with Crippen molar-refractivity contribution in [3.8, 4) is 11.4 Å². The number of likely N-dealkylation sites (N-methyl/N-ethyl adjacent to an activating group) is 1. The molecule has 10 heteroatoms. The van der Waals surface area contributed by atoms with Gasteiger partial charge in [-0.1, -0.05) is 19.9 Å². The summed E-state index contributed by atoms with van der Waals surface area (Å²) < 4.78 is 13.9. The summed E-state index contributed by atoms with van der Waals surface area (Å²) in [6.45, 7) is 15.4. The van der Waals surface area contributed by atoms with Crippen LogP contribution in [0.1, 0.15) is 84.7 Å². The molecule has 0 saturated carbocycles. The maximum atomic E-state index is 13.6. The second-order valence-corrected chi connectivity index (χ2v) is 14.9. The summed E-state index contributed by atoms with van der Waals surface area (Å²) in [5, 5.41) is 6.29. The van der Waals surface area contributed by atoms with Gasteiger partial charge >= 0.3 is 6.09 Å². The van der Waals surface area contributed by atoms with Crippen LogP contribution in [0.4, 0.5) is 10.5 Å². The molecule has 1 aliphatic carbocycles. The number of hydrogen-bond acceptors (Lipinski definition) is 6. The maximum absolute atomic E-state index is 13.6. The fourth-order valence-corrected chi connectivity index (χ4v) is 6.96. The SMILES string of the molecule is CC(C(=O)N(C)c1ccc2cc(-c3nn(C4CCCCO4)c4c3CCC(C)(C)C4)[nH]c2c1)N1CCN(C(=O)OC(C)(C)C)CC1. The number of rotatable bonds is 5. The fourth-order valence-electron chi connectivity index (χ4n) is 6.96. The molecule has 4 heterocycles. The Morgan fingerprint density at radius 2 is 1.89 bits per heavy atom. The first-order valence-electron chi connectivity index (χ1n) is 16.6. The Kier molecular flexibility index (Phi) is 8.50. The Hall–Kier alpha value is -3.37. The van der Waals surface area contributed by atoms with Crippen LogP contribution in [-0.4, -0.2) is 88.0 Å². The van der Waals surface area contributed by atoms with Crippen molar-refractivity contribution in [2.75, 3.05) is 44.7 Å². The Morgan fingerprint density at radius 1 is 1.13 bits per heavy atom. The standard InChI is InChI=1S/C35H50N6O4/c1-23(39-15-17-40(18-16-39)33(43)45-34(2,3)4)32(42)38(7)25-12-11-24-20-28(36-27(24)21-25)31-26-13-14-35(5,6)22-29(26)41(37-31)30-10-8-9-19-44-30/h11-12,20-21,23,30,36H,8-10,13-19,22H2,1-7H3. The lowest BCUT2D eigenvalue weighted by Gasteiger charge is -2.38. The van der Waals surface area contributed by atoms with Crippen LogP contribution in [0.15, 0.2) is 24.3 Å². The topological polar surface area (TPSA) is 95.9 Å². The van der Waals surface area contributed by atoms with Crippen LogP contribution in [0.5, 0.6) is 0 Å². The minimum Gasteiger partial charge on any atom is -0.444 e. The molecule has 6 rings (SSSR count). The molecular weight excluding hydrogens is 568 g/mol. The molecule has 244 valence electrons. The largest absolute Gasteiger partial charge is 0.444 e. The molecule has 3 aliphatic rings. The lowest BCUT2D eigenvalue weighted by Crippen LogP contribution is -2.55. The first kappa shape index (κ1) is 31.6. The van der Waals surface area contributed by atoms with E-state index in [1.54, 1.807) is 9.80 Å². The number of ether oxygens (including phenoxy) is 2. The van der Waals surface area contributed by atoms with E-state index in [1.165, 1.54) is 17.7 Å². The van der Waals surface area contributed by atoms with E-state index in [0.29, 0.717) is 26.2 Å². The van der Waals surface area contributed by atoms with Gasteiger partial charge in [0.25, 0.3) is 0 Å². The molecule has 2 atom stereocenters. The second-order valence-electron chi connectivity index (χ2n) is 14.9. The monoisotopic (exact) mass is 618 g/mol. The lowest BCUT2D eigenvalue weighted by atomic mass is 9.76. The van der Waals surface area contributed by atoms with Gasteiger partial charge in [0.05, 0.1) is 11.7 Å². The third-order valence-corrected chi connectivity index (χ3v) is 9.69. The number of nitrogens with one attached hydrogen (secondary N) is 1. The number of anilines is 1. The Bertz CT molecular complexity index is 1550. The summed E-state index contributed by atoms with van der Waals surface area (Å²) in [6, 6.07) is 8.02. The zero-order valence-electron chi connectivity index (χ0n) is 28.1. The Labute approximate surface area is 267 Å². The number of amides is 2. The molecule has 1 N–H and O–H groups in total. The zero-order valence-corrected chi connectivity index (χ0v) is 28.1. The first-order valence-corrected chi connectivity index (χ1v) is 16.6. The number of nitrogens with zero attached hydrogens (tertiary/aromatic N) is 5. The van der Waals surface area contributed by atoms with Crippen LogP contribution in [0.25, 0.3) is 22.3 Å². The number of carbonyl (C=O) groups is 2. The third-order valence-electron chi connectivity index (χ3n) is 9.69. The van der Waals surface area contributed by atoms with Gasteiger partial charge < -0.3 is 24.3 Å². The minimum atomic E-state index is -0.525. The van der Waals surface area contributed by atoms with Gasteiger partial charge in [-0.3, -0.25) is 9.69 Å². The van der Waals surface area contributed by atoms with Crippen molar-refractivity contribution in [1.29, 1.82) is 0 Å². The molecular formula is C35H50N6O4. The van der Waals surface area contributed by atoms with Crippen molar-refractivity contribution >= 4 is 28.6 Å². The normalized spacial score (nSPS) is 21.4. The van der Waals surface area contributed by atoms with E-state index in [4.69, 9.17) is 14.6 Å². The molecule has 2 fully saturated rings. The number of carbonyl (C=O) groups excluding carboxylic acids is 2. The average Bonchev–Trinajstić information content (AvgIpc) is 3.60. The van der Waals surface area contributed by atoms with E-state index in [0.717, 1.165) is 66.7 Å². The van der Waals surface area contributed by atoms with Gasteiger partial charge in [-0.05, 0) is 89.8 Å². The summed E-state index contributed by atoms with van der Waals surface area (Å²) >= 11 is 0. The predicted molar refractivity (Wildman–Crippen MR) is 176 cm³/mol. The molecule has 2 amide bonds. The van der Waals surface area contributed by atoms with Crippen LogP contribution in [0, 0.1) is 5.41 Å². The number of fused-ring (bicyclic) bond motifs is 2. The minimum absolute atomic E-state index is 0.00747. The van der Waals surface area contributed by atoms with Crippen molar-refractivity contribution < 1.29 is 19.1 Å². The van der Waals surface area contributed by atoms with E-state index in [1.807, 2.05) is 40.8 Å². The van der Waals surface area contributed by atoms with E-state index in [9.17, 15) is 9.59 Å².